The molecule has 1 heterocycles. The zero-order valence-electron chi connectivity index (χ0n) is 23.2. The van der Waals surface area contributed by atoms with Crippen molar-refractivity contribution in [3.05, 3.63) is 86.7 Å². The molecule has 39 heavy (non-hydrogen) atoms. The first-order chi connectivity index (χ1) is 18.7. The van der Waals surface area contributed by atoms with E-state index < -0.39 is 22.8 Å². The van der Waals surface area contributed by atoms with Crippen LogP contribution in [0.15, 0.2) is 71.1 Å². The van der Waals surface area contributed by atoms with Gasteiger partial charge in [0, 0.05) is 29.2 Å². The Labute approximate surface area is 229 Å². The van der Waals surface area contributed by atoms with Crippen LogP contribution >= 0.6 is 0 Å². The predicted molar refractivity (Wildman–Crippen MR) is 148 cm³/mol. The van der Waals surface area contributed by atoms with Gasteiger partial charge in [0.25, 0.3) is 5.69 Å². The van der Waals surface area contributed by atoms with E-state index in [1.807, 2.05) is 29.2 Å². The Bertz CT molecular complexity index is 1220. The molecule has 208 valence electrons. The SMILES string of the molecule is CCCCCOc1ccc(N2C(C)=C(C(=O)OCC)C(c3cccc([N+](=O)[O-])c3)C(C(=O)OCC)=C2C)cc1. The van der Waals surface area contributed by atoms with E-state index in [2.05, 4.69) is 6.92 Å². The number of hydrogen-bond donors (Lipinski definition) is 0. The summed E-state index contributed by atoms with van der Waals surface area (Å²) in [6.45, 7) is 9.95. The first kappa shape index (κ1) is 29.4. The van der Waals surface area contributed by atoms with E-state index in [0.29, 0.717) is 29.3 Å². The summed E-state index contributed by atoms with van der Waals surface area (Å²) in [4.78, 5) is 39.7. The van der Waals surface area contributed by atoms with Crippen LogP contribution < -0.4 is 9.64 Å². The van der Waals surface area contributed by atoms with E-state index in [1.54, 1.807) is 33.8 Å². The number of ether oxygens (including phenoxy) is 3. The highest BCUT2D eigenvalue weighted by molar-refractivity contribution is 6.01. The average molecular weight is 537 g/mol. The van der Waals surface area contributed by atoms with Crippen molar-refractivity contribution in [2.75, 3.05) is 24.7 Å². The number of hydrogen-bond acceptors (Lipinski definition) is 8. The van der Waals surface area contributed by atoms with Gasteiger partial charge >= 0.3 is 11.9 Å². The van der Waals surface area contributed by atoms with Crippen LogP contribution in [0.25, 0.3) is 0 Å². The Balaban J connectivity index is 2.18. The minimum atomic E-state index is -0.916. The molecule has 0 fully saturated rings. The van der Waals surface area contributed by atoms with Gasteiger partial charge in [0.15, 0.2) is 0 Å². The number of carbonyl (C=O) groups excluding carboxylic acids is 2. The van der Waals surface area contributed by atoms with E-state index >= 15 is 0 Å². The molecule has 0 bridgehead atoms. The number of nitro groups is 1. The first-order valence-corrected chi connectivity index (χ1v) is 13.3. The molecule has 2 aromatic rings. The van der Waals surface area contributed by atoms with Crippen molar-refractivity contribution < 1.29 is 28.7 Å². The molecular formula is C30H36N2O7. The topological polar surface area (TPSA) is 108 Å². The number of nitrogens with zero attached hydrogens (tertiary/aromatic N) is 2. The third-order valence-electron chi connectivity index (χ3n) is 6.54. The van der Waals surface area contributed by atoms with Crippen LogP contribution in [0.2, 0.25) is 0 Å². The number of nitro benzene ring substituents is 1. The average Bonchev–Trinajstić information content (AvgIpc) is 2.91. The number of anilines is 1. The number of allylic oxidation sites excluding steroid dienone is 2. The molecule has 0 radical (unpaired) electrons. The zero-order chi connectivity index (χ0) is 28.5. The summed E-state index contributed by atoms with van der Waals surface area (Å²) in [7, 11) is 0. The fourth-order valence-electron chi connectivity index (χ4n) is 4.78. The Morgan fingerprint density at radius 2 is 1.49 bits per heavy atom. The van der Waals surface area contributed by atoms with Crippen molar-refractivity contribution in [3.8, 4) is 5.75 Å². The fourth-order valence-corrected chi connectivity index (χ4v) is 4.78. The minimum absolute atomic E-state index is 0.124. The number of carbonyl (C=O) groups is 2. The second-order valence-electron chi connectivity index (χ2n) is 9.11. The zero-order valence-corrected chi connectivity index (χ0v) is 23.2. The van der Waals surface area contributed by atoms with Gasteiger partial charge in [-0.1, -0.05) is 31.9 Å². The Hall–Kier alpha value is -4.14. The number of esters is 2. The molecule has 0 saturated carbocycles. The quantitative estimate of drug-likeness (QED) is 0.132. The van der Waals surface area contributed by atoms with Gasteiger partial charge in [0.2, 0.25) is 0 Å². The molecule has 0 spiro atoms. The lowest BCUT2D eigenvalue weighted by molar-refractivity contribution is -0.384. The summed E-state index contributed by atoms with van der Waals surface area (Å²) in [6, 6.07) is 13.4. The highest BCUT2D eigenvalue weighted by atomic mass is 16.6. The van der Waals surface area contributed by atoms with Crippen LogP contribution in [-0.4, -0.2) is 36.7 Å². The molecule has 9 nitrogen and oxygen atoms in total. The van der Waals surface area contributed by atoms with Gasteiger partial charge in [-0.15, -0.1) is 0 Å². The third-order valence-corrected chi connectivity index (χ3v) is 6.54. The normalized spacial score (nSPS) is 13.9. The third kappa shape index (κ3) is 6.66. The molecule has 0 atom stereocenters. The molecule has 0 aliphatic carbocycles. The van der Waals surface area contributed by atoms with Crippen molar-refractivity contribution >= 4 is 23.3 Å². The first-order valence-electron chi connectivity index (χ1n) is 13.3. The van der Waals surface area contributed by atoms with Crippen LogP contribution in [-0.2, 0) is 19.1 Å². The maximum atomic E-state index is 13.4. The highest BCUT2D eigenvalue weighted by Gasteiger charge is 2.41. The molecule has 1 aliphatic heterocycles. The maximum Gasteiger partial charge on any atom is 0.336 e. The van der Waals surface area contributed by atoms with Crippen LogP contribution in [0, 0.1) is 10.1 Å². The Morgan fingerprint density at radius 3 is 2.00 bits per heavy atom. The van der Waals surface area contributed by atoms with E-state index in [0.717, 1.165) is 25.0 Å². The maximum absolute atomic E-state index is 13.4. The molecule has 0 unspecified atom stereocenters. The summed E-state index contributed by atoms with van der Waals surface area (Å²) in [5, 5.41) is 11.5. The van der Waals surface area contributed by atoms with Crippen molar-refractivity contribution in [3.63, 3.8) is 0 Å². The predicted octanol–water partition coefficient (Wildman–Crippen LogP) is 6.44. The van der Waals surface area contributed by atoms with Crippen LogP contribution in [0.1, 0.15) is 65.4 Å². The molecule has 1 aliphatic rings. The Kier molecular flexibility index (Phi) is 10.3. The van der Waals surface area contributed by atoms with Gasteiger partial charge in [-0.25, -0.2) is 9.59 Å². The smallest absolute Gasteiger partial charge is 0.336 e. The second-order valence-corrected chi connectivity index (χ2v) is 9.11. The second kappa shape index (κ2) is 13.6. The number of rotatable bonds is 12. The molecule has 0 aromatic heterocycles. The van der Waals surface area contributed by atoms with Crippen LogP contribution in [0.3, 0.4) is 0 Å². The molecular weight excluding hydrogens is 500 g/mol. The molecule has 0 saturated heterocycles. The molecule has 9 heteroatoms. The summed E-state index contributed by atoms with van der Waals surface area (Å²) >= 11 is 0. The largest absolute Gasteiger partial charge is 0.494 e. The highest BCUT2D eigenvalue weighted by Crippen LogP contribution is 2.45. The van der Waals surface area contributed by atoms with Crippen molar-refractivity contribution in [2.24, 2.45) is 0 Å². The van der Waals surface area contributed by atoms with Gasteiger partial charge < -0.3 is 19.1 Å². The van der Waals surface area contributed by atoms with E-state index in [9.17, 15) is 19.7 Å². The lowest BCUT2D eigenvalue weighted by Gasteiger charge is -2.38. The molecule has 0 amide bonds. The molecule has 3 rings (SSSR count). The lowest BCUT2D eigenvalue weighted by Crippen LogP contribution is -2.35. The summed E-state index contributed by atoms with van der Waals surface area (Å²) < 4.78 is 16.7. The van der Waals surface area contributed by atoms with Gasteiger partial charge in [-0.3, -0.25) is 10.1 Å². The standard InChI is InChI=1S/C30H36N2O7/c1-6-9-10-18-39-25-16-14-23(15-17-25)31-20(4)26(29(33)37-7-2)28(27(21(31)5)30(34)38-8-3)22-12-11-13-24(19-22)32(35)36/h11-17,19,28H,6-10,18H2,1-5H3. The molecule has 0 N–H and O–H groups in total. The van der Waals surface area contributed by atoms with E-state index in [1.165, 1.54) is 18.2 Å². The Morgan fingerprint density at radius 1 is 0.897 bits per heavy atom. The van der Waals surface area contributed by atoms with Crippen LogP contribution in [0.5, 0.6) is 5.75 Å². The number of unbranched alkanes of at least 4 members (excludes halogenated alkanes) is 2. The number of benzene rings is 2. The minimum Gasteiger partial charge on any atom is -0.494 e. The fraction of sp³-hybridized carbons (Fsp3) is 0.400. The summed E-state index contributed by atoms with van der Waals surface area (Å²) in [6.07, 6.45) is 3.18. The van der Waals surface area contributed by atoms with Gasteiger partial charge in [-0.05, 0) is 63.9 Å². The summed E-state index contributed by atoms with van der Waals surface area (Å²) in [5.41, 5.74) is 2.51. The van der Waals surface area contributed by atoms with Gasteiger partial charge in [0.1, 0.15) is 5.75 Å². The van der Waals surface area contributed by atoms with Gasteiger partial charge in [0.05, 0.1) is 41.8 Å². The van der Waals surface area contributed by atoms with E-state index in [4.69, 9.17) is 14.2 Å². The van der Waals surface area contributed by atoms with Crippen molar-refractivity contribution in [2.45, 2.75) is 59.8 Å². The van der Waals surface area contributed by atoms with Crippen molar-refractivity contribution in [1.29, 1.82) is 0 Å². The monoisotopic (exact) mass is 536 g/mol. The molecule has 2 aromatic carbocycles. The van der Waals surface area contributed by atoms with E-state index in [-0.39, 0.29) is 30.0 Å². The number of non-ortho nitro benzene ring substituents is 1. The summed E-state index contributed by atoms with van der Waals surface area (Å²) in [5.74, 6) is -1.41. The van der Waals surface area contributed by atoms with Gasteiger partial charge in [-0.2, -0.15) is 0 Å². The lowest BCUT2D eigenvalue weighted by atomic mass is 9.79. The van der Waals surface area contributed by atoms with Crippen molar-refractivity contribution in [1.82, 2.24) is 0 Å². The van der Waals surface area contributed by atoms with Crippen LogP contribution in [0.4, 0.5) is 11.4 Å².